The molecule has 1 aromatic carbocycles. The van der Waals surface area contributed by atoms with Gasteiger partial charge in [-0.15, -0.1) is 0 Å². The molecule has 2 aromatic heterocycles. The second kappa shape index (κ2) is 7.36. The van der Waals surface area contributed by atoms with Gasteiger partial charge in [0.1, 0.15) is 5.82 Å². The van der Waals surface area contributed by atoms with Crippen molar-refractivity contribution in [2.45, 2.75) is 0 Å². The van der Waals surface area contributed by atoms with Gasteiger partial charge >= 0.3 is 0 Å². The molecule has 0 aliphatic carbocycles. The summed E-state index contributed by atoms with van der Waals surface area (Å²) in [6, 6.07) is 7.94. The molecule has 0 amide bonds. The van der Waals surface area contributed by atoms with E-state index in [4.69, 9.17) is 9.47 Å². The van der Waals surface area contributed by atoms with Gasteiger partial charge in [0.05, 0.1) is 25.9 Å². The van der Waals surface area contributed by atoms with Crippen molar-refractivity contribution >= 4 is 16.7 Å². The second-order valence-electron chi connectivity index (χ2n) is 6.68. The zero-order valence-corrected chi connectivity index (χ0v) is 15.8. The molecule has 7 nitrogen and oxygen atoms in total. The van der Waals surface area contributed by atoms with Gasteiger partial charge in [-0.1, -0.05) is 0 Å². The van der Waals surface area contributed by atoms with E-state index >= 15 is 0 Å². The molecule has 3 aromatic rings. The minimum Gasteiger partial charge on any atom is -0.493 e. The Morgan fingerprint density at radius 2 is 1.70 bits per heavy atom. The topological polar surface area (TPSA) is 63.6 Å². The molecule has 0 atom stereocenters. The lowest BCUT2D eigenvalue weighted by atomic mass is 10.0. The quantitative estimate of drug-likeness (QED) is 0.704. The first kappa shape index (κ1) is 17.5. The summed E-state index contributed by atoms with van der Waals surface area (Å²) >= 11 is 0. The van der Waals surface area contributed by atoms with Crippen LogP contribution in [0.25, 0.3) is 22.0 Å². The summed E-state index contributed by atoms with van der Waals surface area (Å²) in [5.74, 6) is 2.31. The predicted octanol–water partition coefficient (Wildman–Crippen LogP) is 2.46. The van der Waals surface area contributed by atoms with Crippen molar-refractivity contribution < 1.29 is 9.47 Å². The number of methoxy groups -OCH3 is 2. The Morgan fingerprint density at radius 3 is 2.44 bits per heavy atom. The van der Waals surface area contributed by atoms with Crippen LogP contribution in [-0.2, 0) is 0 Å². The number of likely N-dealkylation sites (N-methyl/N-ethyl adjacent to an activating group) is 1. The van der Waals surface area contributed by atoms with E-state index in [9.17, 15) is 0 Å². The molecule has 0 radical (unpaired) electrons. The Hall–Kier alpha value is -2.93. The summed E-state index contributed by atoms with van der Waals surface area (Å²) in [5.41, 5.74) is 2.83. The molecule has 0 spiro atoms. The van der Waals surface area contributed by atoms with Gasteiger partial charge in [0, 0.05) is 49.4 Å². The number of anilines is 1. The van der Waals surface area contributed by atoms with Crippen molar-refractivity contribution in [3.8, 4) is 22.6 Å². The molecule has 0 bridgehead atoms. The van der Waals surface area contributed by atoms with Crippen LogP contribution in [0.3, 0.4) is 0 Å². The molecule has 1 aliphatic rings. The lowest BCUT2D eigenvalue weighted by molar-refractivity contribution is 0.312. The number of benzene rings is 1. The molecule has 3 heterocycles. The number of fused-ring (bicyclic) bond motifs is 1. The van der Waals surface area contributed by atoms with E-state index in [1.54, 1.807) is 20.4 Å². The normalized spacial score (nSPS) is 15.1. The first-order chi connectivity index (χ1) is 13.2. The fourth-order valence-corrected chi connectivity index (χ4v) is 3.41. The standard InChI is InChI=1S/C20H23N5O2/c1-24-6-8-25(9-7-24)20-10-14(4-5-21-20)16-13-22-23-17-12-19(27-3)18(26-2)11-15(16)17/h4-5,10-13H,6-9H2,1-3H3. The van der Waals surface area contributed by atoms with Gasteiger partial charge in [-0.3, -0.25) is 0 Å². The molecular weight excluding hydrogens is 342 g/mol. The van der Waals surface area contributed by atoms with Gasteiger partial charge in [-0.2, -0.15) is 10.2 Å². The van der Waals surface area contributed by atoms with Crippen molar-refractivity contribution in [1.82, 2.24) is 20.1 Å². The molecule has 27 heavy (non-hydrogen) atoms. The summed E-state index contributed by atoms with van der Waals surface area (Å²) in [4.78, 5) is 9.24. The van der Waals surface area contributed by atoms with Gasteiger partial charge in [0.15, 0.2) is 11.5 Å². The summed E-state index contributed by atoms with van der Waals surface area (Å²) < 4.78 is 10.8. The smallest absolute Gasteiger partial charge is 0.162 e. The highest BCUT2D eigenvalue weighted by molar-refractivity contribution is 5.96. The number of nitrogens with zero attached hydrogens (tertiary/aromatic N) is 5. The third-order valence-electron chi connectivity index (χ3n) is 5.03. The predicted molar refractivity (Wildman–Crippen MR) is 106 cm³/mol. The largest absolute Gasteiger partial charge is 0.493 e. The number of piperazine rings is 1. The van der Waals surface area contributed by atoms with Crippen LogP contribution in [0.1, 0.15) is 0 Å². The summed E-state index contributed by atoms with van der Waals surface area (Å²) in [6.45, 7) is 4.05. The Labute approximate surface area is 158 Å². The number of hydrogen-bond donors (Lipinski definition) is 0. The van der Waals surface area contributed by atoms with Crippen LogP contribution in [0.2, 0.25) is 0 Å². The van der Waals surface area contributed by atoms with E-state index < -0.39 is 0 Å². The molecule has 7 heteroatoms. The molecule has 1 saturated heterocycles. The van der Waals surface area contributed by atoms with Crippen LogP contribution in [0.15, 0.2) is 36.7 Å². The van der Waals surface area contributed by atoms with Gasteiger partial charge in [-0.25, -0.2) is 4.98 Å². The number of hydrogen-bond acceptors (Lipinski definition) is 7. The average Bonchev–Trinajstić information content (AvgIpc) is 2.72. The zero-order valence-electron chi connectivity index (χ0n) is 15.8. The third kappa shape index (κ3) is 3.38. The second-order valence-corrected chi connectivity index (χ2v) is 6.68. The fraction of sp³-hybridized carbons (Fsp3) is 0.350. The van der Waals surface area contributed by atoms with Gasteiger partial charge < -0.3 is 19.3 Å². The first-order valence-electron chi connectivity index (χ1n) is 8.97. The van der Waals surface area contributed by atoms with Gasteiger partial charge in [0.2, 0.25) is 0 Å². The SMILES string of the molecule is COc1cc2nncc(-c3ccnc(N4CCN(C)CC4)c3)c2cc1OC. The number of ether oxygens (including phenoxy) is 2. The molecule has 0 N–H and O–H groups in total. The minimum atomic E-state index is 0.643. The van der Waals surface area contributed by atoms with Crippen molar-refractivity contribution in [3.63, 3.8) is 0 Å². The van der Waals surface area contributed by atoms with E-state index in [-0.39, 0.29) is 0 Å². The van der Waals surface area contributed by atoms with E-state index in [1.165, 1.54) is 0 Å². The summed E-state index contributed by atoms with van der Waals surface area (Å²) in [7, 11) is 5.40. The molecule has 4 rings (SSSR count). The molecule has 0 unspecified atom stereocenters. The first-order valence-corrected chi connectivity index (χ1v) is 8.97. The number of pyridine rings is 1. The van der Waals surface area contributed by atoms with Crippen molar-refractivity contribution in [2.24, 2.45) is 0 Å². The summed E-state index contributed by atoms with van der Waals surface area (Å²) in [6.07, 6.45) is 3.65. The van der Waals surface area contributed by atoms with Crippen LogP contribution >= 0.6 is 0 Å². The number of aromatic nitrogens is 3. The van der Waals surface area contributed by atoms with Gasteiger partial charge in [-0.05, 0) is 30.8 Å². The van der Waals surface area contributed by atoms with Crippen LogP contribution in [0, 0.1) is 0 Å². The zero-order chi connectivity index (χ0) is 18.8. The van der Waals surface area contributed by atoms with Crippen molar-refractivity contribution in [2.75, 3.05) is 52.3 Å². The maximum Gasteiger partial charge on any atom is 0.162 e. The van der Waals surface area contributed by atoms with E-state index in [1.807, 2.05) is 24.4 Å². The fourth-order valence-electron chi connectivity index (χ4n) is 3.41. The molecule has 140 valence electrons. The van der Waals surface area contributed by atoms with E-state index in [0.29, 0.717) is 11.5 Å². The van der Waals surface area contributed by atoms with Crippen molar-refractivity contribution in [1.29, 1.82) is 0 Å². The minimum absolute atomic E-state index is 0.643. The maximum absolute atomic E-state index is 5.47. The van der Waals surface area contributed by atoms with Crippen LogP contribution in [-0.4, -0.2) is 67.5 Å². The Kier molecular flexibility index (Phi) is 4.77. The molecule has 1 aliphatic heterocycles. The molecular formula is C20H23N5O2. The van der Waals surface area contributed by atoms with Gasteiger partial charge in [0.25, 0.3) is 0 Å². The van der Waals surface area contributed by atoms with Crippen LogP contribution < -0.4 is 14.4 Å². The monoisotopic (exact) mass is 365 g/mol. The molecule has 0 saturated carbocycles. The highest BCUT2D eigenvalue weighted by atomic mass is 16.5. The average molecular weight is 365 g/mol. The highest BCUT2D eigenvalue weighted by Crippen LogP contribution is 2.36. The lowest BCUT2D eigenvalue weighted by Crippen LogP contribution is -2.44. The Morgan fingerprint density at radius 1 is 0.963 bits per heavy atom. The van der Waals surface area contributed by atoms with E-state index in [2.05, 4.69) is 38.1 Å². The Bertz CT molecular complexity index is 954. The third-order valence-corrected chi connectivity index (χ3v) is 5.03. The summed E-state index contributed by atoms with van der Waals surface area (Å²) in [5, 5.41) is 9.41. The van der Waals surface area contributed by atoms with Crippen LogP contribution in [0.5, 0.6) is 11.5 Å². The van der Waals surface area contributed by atoms with E-state index in [0.717, 1.165) is 54.0 Å². The van der Waals surface area contributed by atoms with Crippen LogP contribution in [0.4, 0.5) is 5.82 Å². The van der Waals surface area contributed by atoms with Crippen molar-refractivity contribution in [3.05, 3.63) is 36.7 Å². The molecule has 1 fully saturated rings. The maximum atomic E-state index is 5.47. The number of rotatable bonds is 4. The lowest BCUT2D eigenvalue weighted by Gasteiger charge is -2.33. The highest BCUT2D eigenvalue weighted by Gasteiger charge is 2.17. The Balaban J connectivity index is 1.77.